The quantitative estimate of drug-likeness (QED) is 0.215. The SMILES string of the molecule is C[C@@H]1OC(O[C@H]2CC[C@]3(C)[C@H]4CC[C@]5(C)[C@@H](C6=CC(=O)OC6)CC[C@]5(O)[C@@H]4C[C@@H](O)[C@]3(O)C2)[C@H](O)[C@@H](O)[C@H]1O. The van der Waals surface area contributed by atoms with Crippen LogP contribution in [0.4, 0.5) is 0 Å². The molecule has 0 aromatic carbocycles. The molecule has 14 atom stereocenters. The smallest absolute Gasteiger partial charge is 0.331 e. The van der Waals surface area contributed by atoms with Crippen LogP contribution in [0.15, 0.2) is 11.6 Å². The fraction of sp³-hybridized carbons (Fsp3) is 0.897. The molecule has 4 aliphatic carbocycles. The summed E-state index contributed by atoms with van der Waals surface area (Å²) in [5.74, 6) is -0.483. The fourth-order valence-corrected chi connectivity index (χ4v) is 9.82. The van der Waals surface area contributed by atoms with Crippen molar-refractivity contribution in [3.8, 4) is 0 Å². The van der Waals surface area contributed by atoms with Gasteiger partial charge in [0.1, 0.15) is 24.9 Å². The fourth-order valence-electron chi connectivity index (χ4n) is 9.82. The lowest BCUT2D eigenvalue weighted by Gasteiger charge is -2.67. The Morgan fingerprint density at radius 1 is 0.897 bits per heavy atom. The summed E-state index contributed by atoms with van der Waals surface area (Å²) in [6, 6.07) is 0. The molecule has 6 aliphatic rings. The molecular weight excluding hydrogens is 508 g/mol. The van der Waals surface area contributed by atoms with E-state index in [1.807, 2.05) is 6.92 Å². The van der Waals surface area contributed by atoms with E-state index in [4.69, 9.17) is 14.2 Å². The van der Waals surface area contributed by atoms with Crippen LogP contribution in [-0.2, 0) is 19.0 Å². The van der Waals surface area contributed by atoms with Crippen LogP contribution in [0.25, 0.3) is 0 Å². The molecule has 1 unspecified atom stereocenters. The van der Waals surface area contributed by atoms with Gasteiger partial charge in [0.15, 0.2) is 6.29 Å². The van der Waals surface area contributed by atoms with Crippen molar-refractivity contribution in [2.75, 3.05) is 6.61 Å². The molecule has 0 aromatic rings. The summed E-state index contributed by atoms with van der Waals surface area (Å²) < 4.78 is 16.9. The number of aliphatic hydroxyl groups is 6. The summed E-state index contributed by atoms with van der Waals surface area (Å²) in [6.07, 6.45) is -1.59. The molecule has 2 heterocycles. The molecule has 0 amide bonds. The Morgan fingerprint density at radius 3 is 2.31 bits per heavy atom. The molecule has 0 spiro atoms. The summed E-state index contributed by atoms with van der Waals surface area (Å²) in [6.45, 7) is 6.02. The van der Waals surface area contributed by atoms with Crippen molar-refractivity contribution in [2.24, 2.45) is 28.6 Å². The first-order valence-electron chi connectivity index (χ1n) is 14.6. The zero-order valence-corrected chi connectivity index (χ0v) is 23.0. The van der Waals surface area contributed by atoms with Crippen LogP contribution in [-0.4, -0.2) is 97.3 Å². The monoisotopic (exact) mass is 552 g/mol. The van der Waals surface area contributed by atoms with Gasteiger partial charge in [-0.2, -0.15) is 0 Å². The van der Waals surface area contributed by atoms with Gasteiger partial charge in [-0.3, -0.25) is 0 Å². The van der Waals surface area contributed by atoms with Crippen LogP contribution in [0.3, 0.4) is 0 Å². The Kier molecular flexibility index (Phi) is 6.61. The number of rotatable bonds is 3. The average molecular weight is 553 g/mol. The first-order valence-corrected chi connectivity index (χ1v) is 14.6. The Hall–Kier alpha value is -1.11. The minimum atomic E-state index is -1.46. The first kappa shape index (κ1) is 28.0. The van der Waals surface area contributed by atoms with Crippen molar-refractivity contribution in [3.05, 3.63) is 11.6 Å². The molecule has 10 heteroatoms. The van der Waals surface area contributed by atoms with Crippen LogP contribution in [0.1, 0.15) is 72.1 Å². The number of hydrogen-bond acceptors (Lipinski definition) is 10. The highest BCUT2D eigenvalue weighted by Gasteiger charge is 2.72. The van der Waals surface area contributed by atoms with Gasteiger partial charge < -0.3 is 44.8 Å². The molecule has 0 aromatic heterocycles. The van der Waals surface area contributed by atoms with Crippen molar-refractivity contribution in [1.82, 2.24) is 0 Å². The van der Waals surface area contributed by atoms with Crippen LogP contribution in [0.2, 0.25) is 0 Å². The van der Waals surface area contributed by atoms with E-state index in [9.17, 15) is 35.4 Å². The molecule has 0 bridgehead atoms. The van der Waals surface area contributed by atoms with E-state index >= 15 is 0 Å². The summed E-state index contributed by atoms with van der Waals surface area (Å²) in [5.41, 5.74) is -2.65. The Balaban J connectivity index is 1.23. The molecule has 5 fully saturated rings. The van der Waals surface area contributed by atoms with E-state index in [-0.39, 0.29) is 43.2 Å². The highest BCUT2D eigenvalue weighted by molar-refractivity contribution is 5.85. The third kappa shape index (κ3) is 3.79. The van der Waals surface area contributed by atoms with E-state index in [0.29, 0.717) is 19.3 Å². The number of aliphatic hydroxyl groups excluding tert-OH is 4. The second-order valence-corrected chi connectivity index (χ2v) is 13.8. The molecule has 4 saturated carbocycles. The molecule has 220 valence electrons. The first-order chi connectivity index (χ1) is 18.2. The highest BCUT2D eigenvalue weighted by Crippen LogP contribution is 2.70. The third-order valence-corrected chi connectivity index (χ3v) is 12.3. The third-order valence-electron chi connectivity index (χ3n) is 12.3. The summed E-state index contributed by atoms with van der Waals surface area (Å²) in [7, 11) is 0. The number of ether oxygens (including phenoxy) is 3. The number of cyclic esters (lactones) is 1. The number of carbonyl (C=O) groups is 1. The van der Waals surface area contributed by atoms with Crippen LogP contribution >= 0.6 is 0 Å². The second-order valence-electron chi connectivity index (χ2n) is 13.8. The minimum Gasteiger partial charge on any atom is -0.458 e. The molecule has 6 rings (SSSR count). The van der Waals surface area contributed by atoms with Crippen molar-refractivity contribution in [1.29, 1.82) is 0 Å². The maximum absolute atomic E-state index is 12.4. The molecule has 6 N–H and O–H groups in total. The Morgan fingerprint density at radius 2 is 1.62 bits per heavy atom. The van der Waals surface area contributed by atoms with Crippen LogP contribution in [0.5, 0.6) is 0 Å². The number of hydrogen-bond donors (Lipinski definition) is 6. The second kappa shape index (κ2) is 9.19. The standard InChI is InChI=1S/C29H44O10/c1-14-22(32)23(33)24(34)25(38-14)39-16-4-7-27(3)18-5-8-26(2)17(15-10-21(31)37-13-15)6-9-28(26,35)19(18)11-20(30)29(27,36)12-16/h10,14,16-20,22-25,30,32-36H,4-9,11-13H2,1-3H3/t14-,16-,17+,18-,19+,20+,22-,23-,24+,25?,26+,27+,28-,29+/m0/s1. The molecule has 1 saturated heterocycles. The molecule has 0 radical (unpaired) electrons. The van der Waals surface area contributed by atoms with E-state index in [1.54, 1.807) is 13.0 Å². The maximum atomic E-state index is 12.4. The van der Waals surface area contributed by atoms with Crippen molar-refractivity contribution < 1.29 is 49.6 Å². The summed E-state index contributed by atoms with van der Waals surface area (Å²) in [4.78, 5) is 11.8. The van der Waals surface area contributed by atoms with Gasteiger partial charge in [0.05, 0.1) is 29.5 Å². The van der Waals surface area contributed by atoms with E-state index in [1.165, 1.54) is 0 Å². The number of fused-ring (bicyclic) bond motifs is 5. The Labute approximate surface area is 229 Å². The Bertz CT molecular complexity index is 1030. The van der Waals surface area contributed by atoms with Crippen LogP contribution < -0.4 is 0 Å². The van der Waals surface area contributed by atoms with Crippen molar-refractivity contribution in [3.63, 3.8) is 0 Å². The van der Waals surface area contributed by atoms with E-state index in [0.717, 1.165) is 24.8 Å². The van der Waals surface area contributed by atoms with Gasteiger partial charge in [-0.1, -0.05) is 13.8 Å². The largest absolute Gasteiger partial charge is 0.458 e. The van der Waals surface area contributed by atoms with E-state index in [2.05, 4.69) is 6.92 Å². The predicted molar refractivity (Wildman–Crippen MR) is 136 cm³/mol. The minimum absolute atomic E-state index is 0.00683. The zero-order chi connectivity index (χ0) is 28.1. The number of carbonyl (C=O) groups excluding carboxylic acids is 1. The van der Waals surface area contributed by atoms with E-state index < -0.39 is 64.9 Å². The maximum Gasteiger partial charge on any atom is 0.331 e. The topological polar surface area (TPSA) is 166 Å². The number of esters is 1. The molecule has 39 heavy (non-hydrogen) atoms. The predicted octanol–water partition coefficient (Wildman–Crippen LogP) is 0.542. The van der Waals surface area contributed by atoms with Crippen molar-refractivity contribution in [2.45, 2.75) is 126 Å². The van der Waals surface area contributed by atoms with Gasteiger partial charge >= 0.3 is 5.97 Å². The van der Waals surface area contributed by atoms with Crippen LogP contribution in [0, 0.1) is 28.6 Å². The lowest BCUT2D eigenvalue weighted by atomic mass is 9.41. The van der Waals surface area contributed by atoms with Gasteiger partial charge in [-0.05, 0) is 75.2 Å². The zero-order valence-electron chi connectivity index (χ0n) is 23.0. The van der Waals surface area contributed by atoms with Gasteiger partial charge in [-0.25, -0.2) is 4.79 Å². The van der Waals surface area contributed by atoms with Gasteiger partial charge in [0.2, 0.25) is 0 Å². The summed E-state index contributed by atoms with van der Waals surface area (Å²) >= 11 is 0. The van der Waals surface area contributed by atoms with Gasteiger partial charge in [-0.15, -0.1) is 0 Å². The molecule has 10 nitrogen and oxygen atoms in total. The molecular formula is C29H44O10. The summed E-state index contributed by atoms with van der Waals surface area (Å²) in [5, 5.41) is 66.7. The highest BCUT2D eigenvalue weighted by atomic mass is 16.7. The average Bonchev–Trinajstić information content (AvgIpc) is 3.43. The van der Waals surface area contributed by atoms with Crippen molar-refractivity contribution >= 4 is 5.97 Å². The lowest BCUT2D eigenvalue weighted by molar-refractivity contribution is -0.328. The molecule has 2 aliphatic heterocycles. The normalized spacial score (nSPS) is 57.3. The lowest BCUT2D eigenvalue weighted by Crippen LogP contribution is -2.72. The van der Waals surface area contributed by atoms with Gasteiger partial charge in [0.25, 0.3) is 0 Å². The van der Waals surface area contributed by atoms with Gasteiger partial charge in [0, 0.05) is 23.3 Å².